The summed E-state index contributed by atoms with van der Waals surface area (Å²) in [5.74, 6) is 0.857. The zero-order valence-electron chi connectivity index (χ0n) is 8.60. The smallest absolute Gasteiger partial charge is 0.120 e. The number of rotatable bonds is 3. The summed E-state index contributed by atoms with van der Waals surface area (Å²) < 4.78 is 5.15. The highest BCUT2D eigenvalue weighted by atomic mass is 16.5. The summed E-state index contributed by atoms with van der Waals surface area (Å²) in [6.45, 7) is 0. The van der Waals surface area contributed by atoms with Gasteiger partial charge < -0.3 is 10.1 Å². The Kier molecular flexibility index (Phi) is 2.88. The third-order valence-electron chi connectivity index (χ3n) is 2.13. The predicted molar refractivity (Wildman–Crippen MR) is 62.7 cm³/mol. The Bertz CT molecular complexity index is 426. The van der Waals surface area contributed by atoms with Gasteiger partial charge in [-0.15, -0.1) is 0 Å². The van der Waals surface area contributed by atoms with E-state index in [0.717, 1.165) is 17.1 Å². The highest BCUT2D eigenvalue weighted by Crippen LogP contribution is 2.20. The van der Waals surface area contributed by atoms with Crippen LogP contribution in [0.1, 0.15) is 0 Å². The van der Waals surface area contributed by atoms with Gasteiger partial charge in [0.1, 0.15) is 5.75 Å². The maximum absolute atomic E-state index is 5.15. The van der Waals surface area contributed by atoms with Gasteiger partial charge in [0.05, 0.1) is 7.11 Å². The van der Waals surface area contributed by atoms with Crippen molar-refractivity contribution in [2.75, 3.05) is 12.4 Å². The fraction of sp³-hybridized carbons (Fsp3) is 0.0769. The van der Waals surface area contributed by atoms with Crippen LogP contribution in [-0.4, -0.2) is 7.11 Å². The number of benzene rings is 2. The van der Waals surface area contributed by atoms with Gasteiger partial charge in [-0.3, -0.25) is 0 Å². The van der Waals surface area contributed by atoms with Gasteiger partial charge in [0.15, 0.2) is 0 Å². The van der Waals surface area contributed by atoms with Gasteiger partial charge in [0.2, 0.25) is 0 Å². The van der Waals surface area contributed by atoms with E-state index in [0.29, 0.717) is 0 Å². The van der Waals surface area contributed by atoms with Crippen molar-refractivity contribution in [3.8, 4) is 5.75 Å². The van der Waals surface area contributed by atoms with E-state index in [2.05, 4.69) is 5.32 Å². The molecule has 2 heteroatoms. The molecule has 0 unspecified atom stereocenters. The highest BCUT2D eigenvalue weighted by Gasteiger charge is 1.95. The Morgan fingerprint density at radius 1 is 0.867 bits per heavy atom. The molecule has 0 spiro atoms. The molecule has 2 nitrogen and oxygen atoms in total. The molecule has 0 radical (unpaired) electrons. The van der Waals surface area contributed by atoms with E-state index in [4.69, 9.17) is 4.74 Å². The van der Waals surface area contributed by atoms with Crippen molar-refractivity contribution in [1.29, 1.82) is 0 Å². The van der Waals surface area contributed by atoms with Crippen molar-refractivity contribution in [3.05, 3.63) is 54.6 Å². The molecule has 0 aliphatic carbocycles. The lowest BCUT2D eigenvalue weighted by molar-refractivity contribution is 0.415. The van der Waals surface area contributed by atoms with Crippen molar-refractivity contribution in [2.45, 2.75) is 0 Å². The maximum atomic E-state index is 5.15. The average Bonchev–Trinajstić information content (AvgIpc) is 2.31. The second-order valence-corrected chi connectivity index (χ2v) is 3.22. The lowest BCUT2D eigenvalue weighted by Crippen LogP contribution is -1.90. The molecule has 0 bridgehead atoms. The average molecular weight is 199 g/mol. The highest BCUT2D eigenvalue weighted by molar-refractivity contribution is 5.60. The molecule has 0 aliphatic rings. The molecule has 1 N–H and O–H groups in total. The quantitative estimate of drug-likeness (QED) is 0.817. The van der Waals surface area contributed by atoms with Gasteiger partial charge in [-0.05, 0) is 24.3 Å². The molecule has 2 aromatic carbocycles. The molecule has 0 saturated heterocycles. The van der Waals surface area contributed by atoms with Gasteiger partial charge in [-0.25, -0.2) is 0 Å². The van der Waals surface area contributed by atoms with Gasteiger partial charge in [-0.2, -0.15) is 0 Å². The number of methoxy groups -OCH3 is 1. The van der Waals surface area contributed by atoms with E-state index in [-0.39, 0.29) is 0 Å². The molecule has 0 atom stereocenters. The van der Waals surface area contributed by atoms with E-state index in [1.807, 2.05) is 54.6 Å². The van der Waals surface area contributed by atoms with Crippen LogP contribution in [0.2, 0.25) is 0 Å². The number of para-hydroxylation sites is 1. The molecule has 0 fully saturated rings. The standard InChI is InChI=1S/C13H13NO/c1-15-13-9-5-8-12(10-13)14-11-6-3-2-4-7-11/h2-10,14H,1H3. The first-order valence-corrected chi connectivity index (χ1v) is 4.84. The van der Waals surface area contributed by atoms with E-state index < -0.39 is 0 Å². The SMILES string of the molecule is COc1cccc(Nc2ccccc2)c1. The lowest BCUT2D eigenvalue weighted by Gasteiger charge is -2.07. The zero-order chi connectivity index (χ0) is 10.5. The fourth-order valence-corrected chi connectivity index (χ4v) is 1.39. The molecule has 2 rings (SSSR count). The number of nitrogens with one attached hydrogen (secondary N) is 1. The van der Waals surface area contributed by atoms with E-state index in [1.165, 1.54) is 0 Å². The van der Waals surface area contributed by atoms with Crippen LogP contribution >= 0.6 is 0 Å². The van der Waals surface area contributed by atoms with Gasteiger partial charge in [-0.1, -0.05) is 24.3 Å². The number of hydrogen-bond donors (Lipinski definition) is 1. The van der Waals surface area contributed by atoms with Crippen molar-refractivity contribution in [3.63, 3.8) is 0 Å². The number of anilines is 2. The van der Waals surface area contributed by atoms with Crippen LogP contribution in [0.15, 0.2) is 54.6 Å². The van der Waals surface area contributed by atoms with Gasteiger partial charge in [0.25, 0.3) is 0 Å². The molecule has 2 aromatic rings. The Hall–Kier alpha value is -1.96. The summed E-state index contributed by atoms with van der Waals surface area (Å²) in [6, 6.07) is 17.9. The largest absolute Gasteiger partial charge is 0.497 e. The maximum Gasteiger partial charge on any atom is 0.120 e. The monoisotopic (exact) mass is 199 g/mol. The number of ether oxygens (including phenoxy) is 1. The van der Waals surface area contributed by atoms with Crippen LogP contribution in [0, 0.1) is 0 Å². The second-order valence-electron chi connectivity index (χ2n) is 3.22. The summed E-state index contributed by atoms with van der Waals surface area (Å²) in [6.07, 6.45) is 0. The molecular weight excluding hydrogens is 186 g/mol. The topological polar surface area (TPSA) is 21.3 Å². The van der Waals surface area contributed by atoms with E-state index in [1.54, 1.807) is 7.11 Å². The van der Waals surface area contributed by atoms with Crippen LogP contribution in [-0.2, 0) is 0 Å². The van der Waals surface area contributed by atoms with E-state index >= 15 is 0 Å². The third-order valence-corrected chi connectivity index (χ3v) is 2.13. The van der Waals surface area contributed by atoms with Gasteiger partial charge in [0, 0.05) is 17.4 Å². The minimum absolute atomic E-state index is 0.857. The molecule has 0 heterocycles. The van der Waals surface area contributed by atoms with Crippen molar-refractivity contribution < 1.29 is 4.74 Å². The van der Waals surface area contributed by atoms with Crippen molar-refractivity contribution in [1.82, 2.24) is 0 Å². The summed E-state index contributed by atoms with van der Waals surface area (Å²) in [5, 5.41) is 3.30. The van der Waals surface area contributed by atoms with E-state index in [9.17, 15) is 0 Å². The third kappa shape index (κ3) is 2.50. The Morgan fingerprint density at radius 2 is 1.60 bits per heavy atom. The molecule has 76 valence electrons. The summed E-state index contributed by atoms with van der Waals surface area (Å²) in [7, 11) is 1.67. The Balaban J connectivity index is 2.17. The first-order chi connectivity index (χ1) is 7.38. The van der Waals surface area contributed by atoms with Crippen LogP contribution < -0.4 is 10.1 Å². The summed E-state index contributed by atoms with van der Waals surface area (Å²) >= 11 is 0. The molecule has 0 aromatic heterocycles. The first kappa shape index (κ1) is 9.59. The van der Waals surface area contributed by atoms with Crippen LogP contribution in [0.25, 0.3) is 0 Å². The lowest BCUT2D eigenvalue weighted by atomic mass is 10.2. The first-order valence-electron chi connectivity index (χ1n) is 4.84. The van der Waals surface area contributed by atoms with Crippen LogP contribution in [0.3, 0.4) is 0 Å². The second kappa shape index (κ2) is 4.51. The fourth-order valence-electron chi connectivity index (χ4n) is 1.39. The molecule has 0 amide bonds. The minimum Gasteiger partial charge on any atom is -0.497 e. The van der Waals surface area contributed by atoms with Crippen molar-refractivity contribution >= 4 is 11.4 Å². The molecule has 15 heavy (non-hydrogen) atoms. The molecule has 0 saturated carbocycles. The van der Waals surface area contributed by atoms with Gasteiger partial charge >= 0.3 is 0 Å². The molecule has 0 aliphatic heterocycles. The summed E-state index contributed by atoms with van der Waals surface area (Å²) in [5.41, 5.74) is 2.10. The summed E-state index contributed by atoms with van der Waals surface area (Å²) in [4.78, 5) is 0. The normalized spacial score (nSPS) is 9.67. The van der Waals surface area contributed by atoms with Crippen LogP contribution in [0.5, 0.6) is 5.75 Å². The van der Waals surface area contributed by atoms with Crippen molar-refractivity contribution in [2.24, 2.45) is 0 Å². The number of hydrogen-bond acceptors (Lipinski definition) is 2. The minimum atomic E-state index is 0.857. The van der Waals surface area contributed by atoms with Crippen LogP contribution in [0.4, 0.5) is 11.4 Å². The Morgan fingerprint density at radius 3 is 2.33 bits per heavy atom. The molecular formula is C13H13NO. The zero-order valence-corrected chi connectivity index (χ0v) is 8.60. The predicted octanol–water partition coefficient (Wildman–Crippen LogP) is 3.44. The Labute approximate surface area is 89.5 Å².